The lowest BCUT2D eigenvalue weighted by Crippen LogP contribution is -1.89. The molecule has 0 spiro atoms. The summed E-state index contributed by atoms with van der Waals surface area (Å²) in [6, 6.07) is 19.6. The molecule has 0 N–H and O–H groups in total. The molecule has 1 aromatic heterocycles. The summed E-state index contributed by atoms with van der Waals surface area (Å²) in [6.07, 6.45) is 1.96. The summed E-state index contributed by atoms with van der Waals surface area (Å²) in [5.74, 6) is 0.764. The summed E-state index contributed by atoms with van der Waals surface area (Å²) in [5.41, 5.74) is 2.76. The number of para-hydroxylation sites is 1. The van der Waals surface area contributed by atoms with E-state index in [-0.39, 0.29) is 0 Å². The summed E-state index contributed by atoms with van der Waals surface area (Å²) >= 11 is 6.17. The molecule has 0 radical (unpaired) electrons. The zero-order valence-corrected chi connectivity index (χ0v) is 12.3. The van der Waals surface area contributed by atoms with Gasteiger partial charge in [-0.05, 0) is 42.8 Å². The molecule has 3 nitrogen and oxygen atoms in total. The molecule has 21 heavy (non-hydrogen) atoms. The third-order valence-corrected chi connectivity index (χ3v) is 3.51. The van der Waals surface area contributed by atoms with Crippen LogP contribution in [0, 0.1) is 6.92 Å². The lowest BCUT2D eigenvalue weighted by molar-refractivity contribution is 1.03. The highest BCUT2D eigenvalue weighted by Crippen LogP contribution is 2.30. The number of aryl methyl sites for hydroxylation is 1. The quantitative estimate of drug-likeness (QED) is 0.542. The summed E-state index contributed by atoms with van der Waals surface area (Å²) in [7, 11) is 0. The summed E-state index contributed by atoms with van der Waals surface area (Å²) in [6.45, 7) is 1.97. The molecule has 0 aliphatic heterocycles. The molecule has 4 heteroatoms. The molecule has 3 aromatic rings. The first-order valence-electron chi connectivity index (χ1n) is 6.65. The average Bonchev–Trinajstić information content (AvgIpc) is 2.96. The van der Waals surface area contributed by atoms with Crippen LogP contribution in [0.3, 0.4) is 0 Å². The lowest BCUT2D eigenvalue weighted by Gasteiger charge is -2.05. The molecule has 0 aliphatic rings. The van der Waals surface area contributed by atoms with E-state index in [9.17, 15) is 0 Å². The van der Waals surface area contributed by atoms with E-state index in [1.165, 1.54) is 0 Å². The number of aromatic nitrogens is 1. The smallest absolute Gasteiger partial charge is 0.159 e. The minimum atomic E-state index is 0.608. The van der Waals surface area contributed by atoms with Crippen molar-refractivity contribution >= 4 is 23.1 Å². The van der Waals surface area contributed by atoms with E-state index in [4.69, 9.17) is 11.6 Å². The molecule has 0 bridgehead atoms. The molecule has 1 heterocycles. The van der Waals surface area contributed by atoms with Gasteiger partial charge in [-0.2, -0.15) is 0 Å². The predicted molar refractivity (Wildman–Crippen MR) is 86.1 cm³/mol. The molecule has 2 aromatic carbocycles. The van der Waals surface area contributed by atoms with Crippen LogP contribution in [0.25, 0.3) is 5.69 Å². The molecular formula is C17H14ClN3. The van der Waals surface area contributed by atoms with Crippen LogP contribution in [0.5, 0.6) is 0 Å². The van der Waals surface area contributed by atoms with Crippen molar-refractivity contribution < 1.29 is 0 Å². The Hall–Kier alpha value is -2.39. The number of hydrogen-bond acceptors (Lipinski definition) is 2. The van der Waals surface area contributed by atoms with E-state index in [1.807, 2.05) is 78.4 Å². The Balaban J connectivity index is 1.97. The van der Waals surface area contributed by atoms with Crippen LogP contribution in [0.4, 0.5) is 11.5 Å². The molecule has 0 aliphatic carbocycles. The molecule has 104 valence electrons. The van der Waals surface area contributed by atoms with E-state index in [0.717, 1.165) is 17.1 Å². The second-order valence-electron chi connectivity index (χ2n) is 4.68. The highest BCUT2D eigenvalue weighted by molar-refractivity contribution is 6.33. The van der Waals surface area contributed by atoms with Crippen molar-refractivity contribution in [1.82, 2.24) is 4.57 Å². The minimum absolute atomic E-state index is 0.608. The highest BCUT2D eigenvalue weighted by Gasteiger charge is 2.04. The van der Waals surface area contributed by atoms with Crippen molar-refractivity contribution in [3.8, 4) is 5.69 Å². The van der Waals surface area contributed by atoms with Crippen LogP contribution in [0.1, 0.15) is 5.56 Å². The number of hydrogen-bond donors (Lipinski definition) is 0. The Kier molecular flexibility index (Phi) is 3.84. The molecular weight excluding hydrogens is 282 g/mol. The first kappa shape index (κ1) is 13.6. The molecule has 3 rings (SSSR count). The fourth-order valence-corrected chi connectivity index (χ4v) is 2.37. The van der Waals surface area contributed by atoms with Crippen LogP contribution in [-0.2, 0) is 0 Å². The topological polar surface area (TPSA) is 29.6 Å². The third kappa shape index (κ3) is 2.88. The number of benzene rings is 2. The number of azo groups is 1. The van der Waals surface area contributed by atoms with E-state index < -0.39 is 0 Å². The summed E-state index contributed by atoms with van der Waals surface area (Å²) < 4.78 is 1.98. The van der Waals surface area contributed by atoms with E-state index >= 15 is 0 Å². The van der Waals surface area contributed by atoms with Gasteiger partial charge in [-0.25, -0.2) is 0 Å². The van der Waals surface area contributed by atoms with Crippen molar-refractivity contribution in [2.24, 2.45) is 10.2 Å². The van der Waals surface area contributed by atoms with E-state index in [2.05, 4.69) is 10.2 Å². The normalized spacial score (nSPS) is 11.1. The maximum Gasteiger partial charge on any atom is 0.159 e. The molecule has 0 unspecified atom stereocenters. The van der Waals surface area contributed by atoms with Crippen molar-refractivity contribution in [2.75, 3.05) is 0 Å². The van der Waals surface area contributed by atoms with Gasteiger partial charge in [-0.15, -0.1) is 10.2 Å². The zero-order chi connectivity index (χ0) is 14.7. The molecule has 0 atom stereocenters. The monoisotopic (exact) mass is 295 g/mol. The first-order valence-corrected chi connectivity index (χ1v) is 7.03. The van der Waals surface area contributed by atoms with E-state index in [0.29, 0.717) is 10.7 Å². The number of rotatable bonds is 3. The molecule has 0 fully saturated rings. The highest BCUT2D eigenvalue weighted by atomic mass is 35.5. The maximum atomic E-state index is 6.17. The van der Waals surface area contributed by atoms with Gasteiger partial charge in [0.1, 0.15) is 5.69 Å². The van der Waals surface area contributed by atoms with Gasteiger partial charge in [-0.1, -0.05) is 41.9 Å². The van der Waals surface area contributed by atoms with Crippen LogP contribution >= 0.6 is 11.6 Å². The summed E-state index contributed by atoms with van der Waals surface area (Å²) in [4.78, 5) is 0. The van der Waals surface area contributed by atoms with Gasteiger partial charge in [0.05, 0.1) is 5.02 Å². The summed E-state index contributed by atoms with van der Waals surface area (Å²) in [5, 5.41) is 9.25. The van der Waals surface area contributed by atoms with Gasteiger partial charge in [0.2, 0.25) is 0 Å². The van der Waals surface area contributed by atoms with Crippen molar-refractivity contribution in [1.29, 1.82) is 0 Å². The zero-order valence-electron chi connectivity index (χ0n) is 11.6. The van der Waals surface area contributed by atoms with Gasteiger partial charge in [0, 0.05) is 11.9 Å². The van der Waals surface area contributed by atoms with Gasteiger partial charge < -0.3 is 4.57 Å². The fourth-order valence-electron chi connectivity index (χ4n) is 2.11. The van der Waals surface area contributed by atoms with Gasteiger partial charge in [0.15, 0.2) is 5.82 Å². The molecule has 0 saturated heterocycles. The minimum Gasteiger partial charge on any atom is -0.300 e. The molecule has 0 saturated carbocycles. The van der Waals surface area contributed by atoms with Crippen LogP contribution in [0.2, 0.25) is 5.02 Å². The van der Waals surface area contributed by atoms with Crippen molar-refractivity contribution in [2.45, 2.75) is 6.92 Å². The van der Waals surface area contributed by atoms with E-state index in [1.54, 1.807) is 0 Å². The Bertz CT molecular complexity index is 755. The SMILES string of the molecule is Cc1cccc(Cl)c1N=Nc1cccn1-c1ccccc1. The van der Waals surface area contributed by atoms with Gasteiger partial charge in [-0.3, -0.25) is 0 Å². The fraction of sp³-hybridized carbons (Fsp3) is 0.0588. The Morgan fingerprint density at radius 1 is 0.857 bits per heavy atom. The Morgan fingerprint density at radius 3 is 2.43 bits per heavy atom. The van der Waals surface area contributed by atoms with Gasteiger partial charge in [0.25, 0.3) is 0 Å². The second kappa shape index (κ2) is 5.94. The van der Waals surface area contributed by atoms with Crippen LogP contribution in [0.15, 0.2) is 77.1 Å². The Morgan fingerprint density at radius 2 is 1.67 bits per heavy atom. The average molecular weight is 296 g/mol. The largest absolute Gasteiger partial charge is 0.300 e. The first-order chi connectivity index (χ1) is 10.3. The van der Waals surface area contributed by atoms with Crippen LogP contribution in [-0.4, -0.2) is 4.57 Å². The Labute approximate surface area is 128 Å². The second-order valence-corrected chi connectivity index (χ2v) is 5.08. The van der Waals surface area contributed by atoms with Gasteiger partial charge >= 0.3 is 0 Å². The van der Waals surface area contributed by atoms with Crippen molar-refractivity contribution in [3.05, 3.63) is 77.4 Å². The number of nitrogens with zero attached hydrogens (tertiary/aromatic N) is 3. The lowest BCUT2D eigenvalue weighted by atomic mass is 10.2. The van der Waals surface area contributed by atoms with Crippen molar-refractivity contribution in [3.63, 3.8) is 0 Å². The third-order valence-electron chi connectivity index (χ3n) is 3.20. The predicted octanol–water partition coefficient (Wildman–Crippen LogP) is 5.85. The number of halogens is 1. The van der Waals surface area contributed by atoms with Crippen LogP contribution < -0.4 is 0 Å². The molecule has 0 amide bonds. The standard InChI is InChI=1S/C17H14ClN3/c1-13-7-5-10-15(18)17(13)20-19-16-11-6-12-21(16)14-8-3-2-4-9-14/h2-12H,1H3. The maximum absolute atomic E-state index is 6.17.